The second kappa shape index (κ2) is 6.31. The first-order valence-electron chi connectivity index (χ1n) is 7.29. The molecule has 0 saturated heterocycles. The van der Waals surface area contributed by atoms with Crippen molar-refractivity contribution in [1.29, 1.82) is 0 Å². The van der Waals surface area contributed by atoms with Crippen molar-refractivity contribution in [2.24, 2.45) is 0 Å². The Balaban J connectivity index is 2.53. The summed E-state index contributed by atoms with van der Waals surface area (Å²) in [5.41, 5.74) is 3.20. The summed E-state index contributed by atoms with van der Waals surface area (Å²) in [6.07, 6.45) is 0. The maximum Gasteiger partial charge on any atom is 0.312 e. The summed E-state index contributed by atoms with van der Waals surface area (Å²) in [5, 5.41) is 0. The normalized spacial score (nSPS) is 12.4. The molecule has 0 radical (unpaired) electrons. The van der Waals surface area contributed by atoms with Crippen LogP contribution in [0.25, 0.3) is 0 Å². The van der Waals surface area contributed by atoms with Crippen LogP contribution in [0.4, 0.5) is 0 Å². The van der Waals surface area contributed by atoms with Gasteiger partial charge in [-0.1, -0.05) is 23.8 Å². The summed E-state index contributed by atoms with van der Waals surface area (Å²) in [6.45, 7) is 8.52. The van der Waals surface area contributed by atoms with Gasteiger partial charge in [0.25, 0.3) is 0 Å². The Kier molecular flexibility index (Phi) is 4.90. The lowest BCUT2D eigenvalue weighted by Gasteiger charge is -2.12. The molecule has 0 aliphatic heterocycles. The Bertz CT molecular complexity index is 960. The third kappa shape index (κ3) is 3.85. The lowest BCUT2D eigenvalue weighted by molar-refractivity contribution is 0.461. The van der Waals surface area contributed by atoms with Crippen molar-refractivity contribution >= 4 is 20.2 Å². The molecule has 7 heteroatoms. The Labute approximate surface area is 143 Å². The average Bonchev–Trinajstić information content (AvgIpc) is 2.33. The third-order valence-corrected chi connectivity index (χ3v) is 6.91. The van der Waals surface area contributed by atoms with Gasteiger partial charge in [0, 0.05) is 0 Å². The van der Waals surface area contributed by atoms with Gasteiger partial charge in [-0.15, -0.1) is 3.63 Å². The van der Waals surface area contributed by atoms with Crippen LogP contribution in [0.3, 0.4) is 0 Å². The SMILES string of the molecule is Cc1cc(C)cc(S(=O)(=O)OS(=O)(=O)c2c(C)cc(C)cc2C)c1. The fourth-order valence-electron chi connectivity index (χ4n) is 2.83. The molecule has 0 heterocycles. The van der Waals surface area contributed by atoms with Crippen LogP contribution >= 0.6 is 0 Å². The zero-order valence-electron chi connectivity index (χ0n) is 14.2. The van der Waals surface area contributed by atoms with Gasteiger partial charge in [0.2, 0.25) is 0 Å². The van der Waals surface area contributed by atoms with Gasteiger partial charge in [0.05, 0.1) is 4.90 Å². The molecule has 0 saturated carbocycles. The van der Waals surface area contributed by atoms with Crippen molar-refractivity contribution in [2.45, 2.75) is 44.4 Å². The van der Waals surface area contributed by atoms with Gasteiger partial charge in [-0.2, -0.15) is 16.8 Å². The van der Waals surface area contributed by atoms with Crippen molar-refractivity contribution in [2.75, 3.05) is 0 Å². The van der Waals surface area contributed by atoms with Crippen molar-refractivity contribution in [3.05, 3.63) is 58.1 Å². The molecule has 0 unspecified atom stereocenters. The molecule has 0 atom stereocenters. The lowest BCUT2D eigenvalue weighted by atomic mass is 10.1. The van der Waals surface area contributed by atoms with E-state index in [1.54, 1.807) is 45.9 Å². The second-order valence-electron chi connectivity index (χ2n) is 6.03. The van der Waals surface area contributed by atoms with Crippen molar-refractivity contribution in [3.63, 3.8) is 0 Å². The first-order valence-corrected chi connectivity index (χ1v) is 10.1. The van der Waals surface area contributed by atoms with Crippen LogP contribution in [0.1, 0.15) is 27.8 Å². The van der Waals surface area contributed by atoms with Crippen LogP contribution in [0.5, 0.6) is 0 Å². The van der Waals surface area contributed by atoms with E-state index in [4.69, 9.17) is 0 Å². The molecule has 2 aromatic rings. The Morgan fingerprint density at radius 3 is 1.50 bits per heavy atom. The first-order chi connectivity index (χ1) is 10.9. The van der Waals surface area contributed by atoms with Crippen molar-refractivity contribution in [3.8, 4) is 0 Å². The van der Waals surface area contributed by atoms with E-state index in [2.05, 4.69) is 3.63 Å². The lowest BCUT2D eigenvalue weighted by Crippen LogP contribution is -2.16. The molecule has 24 heavy (non-hydrogen) atoms. The molecule has 0 aromatic heterocycles. The summed E-state index contributed by atoms with van der Waals surface area (Å²) in [6, 6.07) is 7.90. The molecule has 5 nitrogen and oxygen atoms in total. The van der Waals surface area contributed by atoms with Gasteiger partial charge >= 0.3 is 20.2 Å². The Morgan fingerprint density at radius 2 is 1.04 bits per heavy atom. The van der Waals surface area contributed by atoms with E-state index in [0.29, 0.717) is 22.3 Å². The van der Waals surface area contributed by atoms with Gasteiger partial charge in [0.15, 0.2) is 0 Å². The second-order valence-corrected chi connectivity index (χ2v) is 9.27. The number of rotatable bonds is 4. The molecule has 0 fully saturated rings. The molecule has 0 spiro atoms. The van der Waals surface area contributed by atoms with Crippen LogP contribution < -0.4 is 0 Å². The maximum atomic E-state index is 12.5. The Morgan fingerprint density at radius 1 is 0.625 bits per heavy atom. The molecule has 2 rings (SSSR count). The quantitative estimate of drug-likeness (QED) is 0.827. The topological polar surface area (TPSA) is 77.5 Å². The smallest absolute Gasteiger partial charge is 0.193 e. The highest BCUT2D eigenvalue weighted by molar-refractivity contribution is 8.00. The molecule has 0 aliphatic rings. The van der Waals surface area contributed by atoms with Crippen LogP contribution in [0, 0.1) is 34.6 Å². The van der Waals surface area contributed by atoms with Crippen molar-refractivity contribution in [1.82, 2.24) is 0 Å². The number of benzene rings is 2. The molecular weight excluding hydrogens is 348 g/mol. The van der Waals surface area contributed by atoms with Gasteiger partial charge in [0.1, 0.15) is 4.90 Å². The van der Waals surface area contributed by atoms with Gasteiger partial charge < -0.3 is 0 Å². The highest BCUT2D eigenvalue weighted by atomic mass is 32.3. The molecule has 0 bridgehead atoms. The average molecular weight is 368 g/mol. The van der Waals surface area contributed by atoms with E-state index in [1.165, 1.54) is 12.1 Å². The largest absolute Gasteiger partial charge is 0.312 e. The van der Waals surface area contributed by atoms with E-state index in [0.717, 1.165) is 5.56 Å². The molecule has 2 aromatic carbocycles. The minimum Gasteiger partial charge on any atom is -0.193 e. The maximum absolute atomic E-state index is 12.5. The summed E-state index contributed by atoms with van der Waals surface area (Å²) >= 11 is 0. The van der Waals surface area contributed by atoms with Gasteiger partial charge in [-0.3, -0.25) is 0 Å². The molecule has 0 N–H and O–H groups in total. The highest BCUT2D eigenvalue weighted by Crippen LogP contribution is 2.27. The standard InChI is InChI=1S/C17H20O5S2/c1-11-6-12(2)10-16(9-11)23(18,19)22-24(20,21)17-14(4)7-13(3)8-15(17)5/h6-10H,1-5H3. The van der Waals surface area contributed by atoms with Gasteiger partial charge in [-0.05, 0) is 69.0 Å². The van der Waals surface area contributed by atoms with Crippen LogP contribution in [-0.2, 0) is 23.9 Å². The predicted octanol–water partition coefficient (Wildman–Crippen LogP) is 3.32. The van der Waals surface area contributed by atoms with E-state index < -0.39 is 20.2 Å². The number of hydrogen-bond donors (Lipinski definition) is 0. The van der Waals surface area contributed by atoms with E-state index in [1.807, 2.05) is 6.92 Å². The predicted molar refractivity (Wildman–Crippen MR) is 92.0 cm³/mol. The van der Waals surface area contributed by atoms with Crippen molar-refractivity contribution < 1.29 is 20.5 Å². The minimum atomic E-state index is -4.46. The summed E-state index contributed by atoms with van der Waals surface area (Å²) in [7, 11) is -8.90. The minimum absolute atomic E-state index is 0.110. The highest BCUT2D eigenvalue weighted by Gasteiger charge is 2.29. The number of aryl methyl sites for hydroxylation is 5. The van der Waals surface area contributed by atoms with E-state index >= 15 is 0 Å². The summed E-state index contributed by atoms with van der Waals surface area (Å²) in [5.74, 6) is 0. The van der Waals surface area contributed by atoms with E-state index in [-0.39, 0.29) is 9.79 Å². The summed E-state index contributed by atoms with van der Waals surface area (Å²) in [4.78, 5) is -0.285. The van der Waals surface area contributed by atoms with Crippen LogP contribution in [0.15, 0.2) is 40.1 Å². The summed E-state index contributed by atoms with van der Waals surface area (Å²) < 4.78 is 54.6. The van der Waals surface area contributed by atoms with Crippen LogP contribution in [-0.4, -0.2) is 16.8 Å². The Hall–Kier alpha value is -1.70. The fourth-order valence-corrected chi connectivity index (χ4v) is 5.93. The first kappa shape index (κ1) is 18.6. The zero-order chi connectivity index (χ0) is 18.3. The zero-order valence-corrected chi connectivity index (χ0v) is 15.9. The van der Waals surface area contributed by atoms with Gasteiger partial charge in [-0.25, -0.2) is 0 Å². The molecule has 0 amide bonds. The monoisotopic (exact) mass is 368 g/mol. The molecular formula is C17H20O5S2. The molecule has 130 valence electrons. The molecule has 0 aliphatic carbocycles. The third-order valence-electron chi connectivity index (χ3n) is 3.52. The van der Waals surface area contributed by atoms with Crippen LogP contribution in [0.2, 0.25) is 0 Å². The number of hydrogen-bond acceptors (Lipinski definition) is 5. The fraction of sp³-hybridized carbons (Fsp3) is 0.294. The van der Waals surface area contributed by atoms with E-state index in [9.17, 15) is 16.8 Å².